The third-order valence-corrected chi connectivity index (χ3v) is 3.88. The zero-order valence-electron chi connectivity index (χ0n) is 13.2. The van der Waals surface area contributed by atoms with E-state index in [1.165, 1.54) is 0 Å². The molecule has 3 aromatic rings. The molecule has 1 heterocycles. The molecule has 1 aromatic heterocycles. The van der Waals surface area contributed by atoms with Crippen LogP contribution in [0.4, 0.5) is 13.2 Å². The highest BCUT2D eigenvalue weighted by atomic mass is 19.2. The average Bonchev–Trinajstić information content (AvgIpc) is 3.15. The number of nitrogens with zero attached hydrogens (tertiary/aromatic N) is 2. The van der Waals surface area contributed by atoms with Gasteiger partial charge in [0.05, 0.1) is 19.0 Å². The standard InChI is InChI=1S/C18H16F3N3O/c19-15-7-13(8-16(20)18(15)21)17(10-25)23-9-12-1-3-14(4-2-12)24-6-5-22-11-24/h1-8,11,17,23,25H,9-10H2. The molecule has 0 bridgehead atoms. The maximum atomic E-state index is 13.3. The Hall–Kier alpha value is -2.64. The van der Waals surface area contributed by atoms with Gasteiger partial charge in [0.25, 0.3) is 0 Å². The average molecular weight is 347 g/mol. The summed E-state index contributed by atoms with van der Waals surface area (Å²) < 4.78 is 41.6. The highest BCUT2D eigenvalue weighted by Crippen LogP contribution is 2.20. The van der Waals surface area contributed by atoms with E-state index in [0.717, 1.165) is 23.4 Å². The number of aromatic nitrogens is 2. The van der Waals surface area contributed by atoms with Gasteiger partial charge in [0.2, 0.25) is 0 Å². The lowest BCUT2D eigenvalue weighted by molar-refractivity contribution is 0.242. The van der Waals surface area contributed by atoms with Crippen LogP contribution in [0, 0.1) is 17.5 Å². The van der Waals surface area contributed by atoms with Crippen molar-refractivity contribution in [1.82, 2.24) is 14.9 Å². The number of benzene rings is 2. The molecule has 0 fully saturated rings. The van der Waals surface area contributed by atoms with E-state index in [0.29, 0.717) is 6.54 Å². The van der Waals surface area contributed by atoms with Gasteiger partial charge in [-0.15, -0.1) is 0 Å². The molecule has 4 nitrogen and oxygen atoms in total. The maximum absolute atomic E-state index is 13.3. The second kappa shape index (κ2) is 7.50. The molecule has 25 heavy (non-hydrogen) atoms. The molecule has 0 saturated heterocycles. The number of halogens is 3. The van der Waals surface area contributed by atoms with Crippen LogP contribution < -0.4 is 5.32 Å². The zero-order chi connectivity index (χ0) is 17.8. The van der Waals surface area contributed by atoms with E-state index in [1.54, 1.807) is 12.5 Å². The molecule has 0 amide bonds. The third kappa shape index (κ3) is 3.89. The second-order valence-electron chi connectivity index (χ2n) is 5.55. The minimum atomic E-state index is -1.52. The van der Waals surface area contributed by atoms with Crippen molar-refractivity contribution >= 4 is 0 Å². The van der Waals surface area contributed by atoms with Crippen LogP contribution in [-0.4, -0.2) is 21.3 Å². The molecular formula is C18H16F3N3O. The van der Waals surface area contributed by atoms with Crippen LogP contribution in [0.3, 0.4) is 0 Å². The monoisotopic (exact) mass is 347 g/mol. The molecule has 130 valence electrons. The number of rotatable bonds is 6. The number of imidazole rings is 1. The first-order chi connectivity index (χ1) is 12.1. The largest absolute Gasteiger partial charge is 0.394 e. The predicted octanol–water partition coefficient (Wildman–Crippen LogP) is 3.11. The van der Waals surface area contributed by atoms with Gasteiger partial charge in [0.15, 0.2) is 17.5 Å². The fourth-order valence-corrected chi connectivity index (χ4v) is 2.50. The smallest absolute Gasteiger partial charge is 0.194 e. The van der Waals surface area contributed by atoms with E-state index in [9.17, 15) is 18.3 Å². The molecule has 3 rings (SSSR count). The molecule has 7 heteroatoms. The number of aliphatic hydroxyl groups is 1. The summed E-state index contributed by atoms with van der Waals surface area (Å²) in [5.74, 6) is -4.07. The lowest BCUT2D eigenvalue weighted by Crippen LogP contribution is -2.24. The van der Waals surface area contributed by atoms with Crippen LogP contribution in [0.25, 0.3) is 5.69 Å². The summed E-state index contributed by atoms with van der Waals surface area (Å²) in [6.45, 7) is -0.00627. The van der Waals surface area contributed by atoms with Crippen LogP contribution in [-0.2, 0) is 6.54 Å². The van der Waals surface area contributed by atoms with Crippen molar-refractivity contribution in [3.05, 3.63) is 83.7 Å². The summed E-state index contributed by atoms with van der Waals surface area (Å²) in [4.78, 5) is 3.98. The topological polar surface area (TPSA) is 50.1 Å². The van der Waals surface area contributed by atoms with Gasteiger partial charge in [0.1, 0.15) is 0 Å². The Morgan fingerprint density at radius 3 is 2.32 bits per heavy atom. The Labute approximate surface area is 142 Å². The van der Waals surface area contributed by atoms with Gasteiger partial charge < -0.3 is 15.0 Å². The van der Waals surface area contributed by atoms with Gasteiger partial charge in [-0.25, -0.2) is 18.2 Å². The van der Waals surface area contributed by atoms with E-state index in [1.807, 2.05) is 35.0 Å². The van der Waals surface area contributed by atoms with Crippen molar-refractivity contribution in [2.75, 3.05) is 6.61 Å². The first-order valence-corrected chi connectivity index (χ1v) is 7.64. The fourth-order valence-electron chi connectivity index (χ4n) is 2.50. The van der Waals surface area contributed by atoms with Crippen molar-refractivity contribution in [2.45, 2.75) is 12.6 Å². The van der Waals surface area contributed by atoms with Gasteiger partial charge in [-0.2, -0.15) is 0 Å². The summed E-state index contributed by atoms with van der Waals surface area (Å²) in [5, 5.41) is 12.5. The van der Waals surface area contributed by atoms with E-state index in [-0.39, 0.29) is 12.2 Å². The molecular weight excluding hydrogens is 331 g/mol. The summed E-state index contributed by atoms with van der Waals surface area (Å²) in [6.07, 6.45) is 5.20. The fraction of sp³-hybridized carbons (Fsp3) is 0.167. The molecule has 0 aliphatic heterocycles. The van der Waals surface area contributed by atoms with Crippen LogP contribution in [0.2, 0.25) is 0 Å². The van der Waals surface area contributed by atoms with Crippen LogP contribution in [0.5, 0.6) is 0 Å². The summed E-state index contributed by atoms with van der Waals surface area (Å²) in [5.41, 5.74) is 2.02. The molecule has 0 saturated carbocycles. The Kier molecular flexibility index (Phi) is 5.16. The zero-order valence-corrected chi connectivity index (χ0v) is 13.2. The Bertz CT molecular complexity index is 812. The van der Waals surface area contributed by atoms with Gasteiger partial charge in [-0.05, 0) is 35.4 Å². The van der Waals surface area contributed by atoms with Crippen molar-refractivity contribution < 1.29 is 18.3 Å². The van der Waals surface area contributed by atoms with Gasteiger partial charge in [-0.3, -0.25) is 0 Å². The molecule has 0 aliphatic carbocycles. The number of aliphatic hydroxyl groups excluding tert-OH is 1. The lowest BCUT2D eigenvalue weighted by Gasteiger charge is -2.17. The number of hydrogen-bond donors (Lipinski definition) is 2. The second-order valence-corrected chi connectivity index (χ2v) is 5.55. The third-order valence-electron chi connectivity index (χ3n) is 3.88. The van der Waals surface area contributed by atoms with E-state index >= 15 is 0 Å². The lowest BCUT2D eigenvalue weighted by atomic mass is 10.1. The van der Waals surface area contributed by atoms with E-state index < -0.39 is 23.5 Å². The summed E-state index contributed by atoms with van der Waals surface area (Å²) >= 11 is 0. The summed E-state index contributed by atoms with van der Waals surface area (Å²) in [7, 11) is 0. The molecule has 0 spiro atoms. The van der Waals surface area contributed by atoms with Crippen molar-refractivity contribution in [2.24, 2.45) is 0 Å². The van der Waals surface area contributed by atoms with Crippen LogP contribution in [0.15, 0.2) is 55.1 Å². The SMILES string of the molecule is OCC(NCc1ccc(-n2ccnc2)cc1)c1cc(F)c(F)c(F)c1. The molecule has 2 aromatic carbocycles. The number of nitrogens with one attached hydrogen (secondary N) is 1. The Morgan fingerprint density at radius 2 is 1.76 bits per heavy atom. The van der Waals surface area contributed by atoms with Gasteiger partial charge in [0, 0.05) is 24.6 Å². The summed E-state index contributed by atoms with van der Waals surface area (Å²) in [6, 6.07) is 8.65. The molecule has 1 unspecified atom stereocenters. The first kappa shape index (κ1) is 17.2. The van der Waals surface area contributed by atoms with Gasteiger partial charge in [-0.1, -0.05) is 12.1 Å². The number of hydrogen-bond acceptors (Lipinski definition) is 3. The highest BCUT2D eigenvalue weighted by Gasteiger charge is 2.16. The van der Waals surface area contributed by atoms with E-state index in [2.05, 4.69) is 10.3 Å². The van der Waals surface area contributed by atoms with Crippen molar-refractivity contribution in [3.63, 3.8) is 0 Å². The van der Waals surface area contributed by atoms with Crippen LogP contribution in [0.1, 0.15) is 17.2 Å². The predicted molar refractivity (Wildman–Crippen MR) is 86.5 cm³/mol. The molecule has 0 radical (unpaired) electrons. The Morgan fingerprint density at radius 1 is 1.08 bits per heavy atom. The molecule has 0 aliphatic rings. The van der Waals surface area contributed by atoms with Crippen molar-refractivity contribution in [3.8, 4) is 5.69 Å². The quantitative estimate of drug-likeness (QED) is 0.674. The van der Waals surface area contributed by atoms with Crippen molar-refractivity contribution in [1.29, 1.82) is 0 Å². The van der Waals surface area contributed by atoms with E-state index in [4.69, 9.17) is 0 Å². The van der Waals surface area contributed by atoms with Crippen LogP contribution >= 0.6 is 0 Å². The first-order valence-electron chi connectivity index (χ1n) is 7.64. The van der Waals surface area contributed by atoms with Gasteiger partial charge >= 0.3 is 0 Å². The maximum Gasteiger partial charge on any atom is 0.194 e. The minimum Gasteiger partial charge on any atom is -0.394 e. The molecule has 1 atom stereocenters. The highest BCUT2D eigenvalue weighted by molar-refractivity contribution is 5.34. The minimum absolute atomic E-state index is 0.147. The Balaban J connectivity index is 1.69. The normalized spacial score (nSPS) is 12.3. The molecule has 2 N–H and O–H groups in total.